The van der Waals surface area contributed by atoms with Crippen molar-refractivity contribution in [2.24, 2.45) is 0 Å². The maximum atomic E-state index is 10.9. The monoisotopic (exact) mass is 287 g/mol. The molecule has 0 aliphatic rings. The minimum Gasteiger partial charge on any atom is -0.744 e. The summed E-state index contributed by atoms with van der Waals surface area (Å²) >= 11 is 0. The van der Waals surface area contributed by atoms with Crippen molar-refractivity contribution >= 4 is 20.9 Å². The molecule has 0 aliphatic heterocycles. The number of pyridine rings is 1. The minimum absolute atomic E-state index is 0.157. The molecule has 0 radical (unpaired) electrons. The van der Waals surface area contributed by atoms with Crippen LogP contribution in [0.25, 0.3) is 10.8 Å². The van der Waals surface area contributed by atoms with E-state index in [2.05, 4.69) is 4.98 Å². The van der Waals surface area contributed by atoms with Crippen LogP contribution in [0.1, 0.15) is 0 Å². The summed E-state index contributed by atoms with van der Waals surface area (Å²) in [4.78, 5) is 2.74. The Morgan fingerprint density at radius 1 is 0.800 bits per heavy atom. The summed E-state index contributed by atoms with van der Waals surface area (Å²) in [7, 11) is -4.38. The van der Waals surface area contributed by atoms with Crippen LogP contribution in [0, 0.1) is 0 Å². The molecule has 0 bridgehead atoms. The molecule has 3 aromatic rings. The molecule has 1 aromatic heterocycles. The van der Waals surface area contributed by atoms with Crippen LogP contribution in [0.3, 0.4) is 0 Å². The van der Waals surface area contributed by atoms with Gasteiger partial charge in [-0.25, -0.2) is 13.4 Å². The molecular weight excluding hydrogens is 274 g/mol. The van der Waals surface area contributed by atoms with E-state index in [0.717, 1.165) is 5.39 Å². The highest BCUT2D eigenvalue weighted by Gasteiger charge is 2.05. The third-order valence-corrected chi connectivity index (χ3v) is 3.52. The molecule has 0 saturated carbocycles. The fourth-order valence-corrected chi connectivity index (χ4v) is 2.46. The first-order valence-electron chi connectivity index (χ1n) is 5.94. The van der Waals surface area contributed by atoms with E-state index in [1.54, 1.807) is 36.4 Å². The van der Waals surface area contributed by atoms with Crippen molar-refractivity contribution in [2.45, 2.75) is 4.90 Å². The van der Waals surface area contributed by atoms with E-state index in [-0.39, 0.29) is 4.90 Å². The SMILES string of the molecule is O=S(=O)([O-])c1cccc2ccccc12.c1cc[nH+]cc1. The normalized spacial score (nSPS) is 10.7. The Kier molecular flexibility index (Phi) is 4.45. The van der Waals surface area contributed by atoms with E-state index in [1.165, 1.54) is 6.07 Å². The number of fused-ring (bicyclic) bond motifs is 1. The second-order valence-electron chi connectivity index (χ2n) is 4.01. The van der Waals surface area contributed by atoms with Crippen molar-refractivity contribution in [2.75, 3.05) is 0 Å². The number of nitrogens with one attached hydrogen (secondary N) is 1. The zero-order valence-corrected chi connectivity index (χ0v) is 11.4. The summed E-state index contributed by atoms with van der Waals surface area (Å²) < 4.78 is 32.7. The molecule has 1 heterocycles. The van der Waals surface area contributed by atoms with Crippen LogP contribution < -0.4 is 4.98 Å². The lowest BCUT2D eigenvalue weighted by Gasteiger charge is -2.09. The molecule has 0 unspecified atom stereocenters. The average molecular weight is 287 g/mol. The van der Waals surface area contributed by atoms with Gasteiger partial charge in [-0.2, -0.15) is 0 Å². The van der Waals surface area contributed by atoms with Crippen LogP contribution >= 0.6 is 0 Å². The zero-order valence-electron chi connectivity index (χ0n) is 10.6. The third-order valence-electron chi connectivity index (χ3n) is 2.63. The van der Waals surface area contributed by atoms with Crippen molar-refractivity contribution < 1.29 is 18.0 Å². The highest BCUT2D eigenvalue weighted by atomic mass is 32.2. The molecule has 1 N–H and O–H groups in total. The fourth-order valence-electron chi connectivity index (χ4n) is 1.76. The Morgan fingerprint density at radius 2 is 1.45 bits per heavy atom. The Balaban J connectivity index is 0.000000205. The van der Waals surface area contributed by atoms with Crippen molar-refractivity contribution in [3.8, 4) is 0 Å². The molecule has 20 heavy (non-hydrogen) atoms. The van der Waals surface area contributed by atoms with Gasteiger partial charge in [-0.15, -0.1) is 0 Å². The lowest BCUT2D eigenvalue weighted by molar-refractivity contribution is -0.377. The van der Waals surface area contributed by atoms with E-state index < -0.39 is 10.1 Å². The molecule has 2 aromatic carbocycles. The van der Waals surface area contributed by atoms with Gasteiger partial charge >= 0.3 is 0 Å². The van der Waals surface area contributed by atoms with Crippen molar-refractivity contribution in [3.63, 3.8) is 0 Å². The van der Waals surface area contributed by atoms with Gasteiger partial charge in [0.1, 0.15) is 10.1 Å². The van der Waals surface area contributed by atoms with Crippen LogP contribution in [0.4, 0.5) is 0 Å². The molecule has 0 atom stereocenters. The average Bonchev–Trinajstić information content (AvgIpc) is 2.48. The topological polar surface area (TPSA) is 71.3 Å². The third kappa shape index (κ3) is 3.63. The van der Waals surface area contributed by atoms with Gasteiger partial charge in [0, 0.05) is 12.1 Å². The van der Waals surface area contributed by atoms with E-state index in [0.29, 0.717) is 5.39 Å². The smallest absolute Gasteiger partial charge is 0.166 e. The maximum Gasteiger partial charge on any atom is 0.166 e. The second kappa shape index (κ2) is 6.27. The van der Waals surface area contributed by atoms with Gasteiger partial charge in [0.2, 0.25) is 0 Å². The Labute approximate surface area is 117 Å². The summed E-state index contributed by atoms with van der Waals surface area (Å²) in [6.45, 7) is 0. The Hall–Kier alpha value is -2.24. The van der Waals surface area contributed by atoms with E-state index in [1.807, 2.05) is 30.6 Å². The number of hydrogen-bond donors (Lipinski definition) is 0. The van der Waals surface area contributed by atoms with Crippen LogP contribution in [0.2, 0.25) is 0 Å². The summed E-state index contributed by atoms with van der Waals surface area (Å²) in [5, 5.41) is 1.23. The standard InChI is InChI=1S/C10H8O3S.C5H5N/c11-14(12,13)10-7-3-5-8-4-1-2-6-9(8)10;1-2-4-6-5-3-1/h1-7H,(H,11,12,13);1-5H. The summed E-state index contributed by atoms with van der Waals surface area (Å²) in [6, 6.07) is 17.4. The van der Waals surface area contributed by atoms with Crippen LogP contribution in [0.5, 0.6) is 0 Å². The Morgan fingerprint density at radius 3 is 2.00 bits per heavy atom. The molecule has 102 valence electrons. The van der Waals surface area contributed by atoms with Gasteiger partial charge in [-0.1, -0.05) is 42.5 Å². The lowest BCUT2D eigenvalue weighted by atomic mass is 10.1. The highest BCUT2D eigenvalue weighted by molar-refractivity contribution is 7.86. The zero-order chi connectivity index (χ0) is 14.4. The highest BCUT2D eigenvalue weighted by Crippen LogP contribution is 2.21. The lowest BCUT2D eigenvalue weighted by Crippen LogP contribution is -1.98. The molecule has 4 nitrogen and oxygen atoms in total. The summed E-state index contributed by atoms with van der Waals surface area (Å²) in [6.07, 6.45) is 3.75. The van der Waals surface area contributed by atoms with Crippen molar-refractivity contribution in [1.29, 1.82) is 0 Å². The van der Waals surface area contributed by atoms with Crippen LogP contribution in [-0.2, 0) is 10.1 Å². The van der Waals surface area contributed by atoms with Gasteiger partial charge in [0.25, 0.3) is 0 Å². The molecule has 0 saturated heterocycles. The predicted molar refractivity (Wildman–Crippen MR) is 74.9 cm³/mol. The van der Waals surface area contributed by atoms with Gasteiger partial charge in [-0.05, 0) is 16.8 Å². The maximum absolute atomic E-state index is 10.9. The number of aromatic amines is 1. The molecule has 0 spiro atoms. The summed E-state index contributed by atoms with van der Waals surface area (Å²) in [5.74, 6) is 0. The number of benzene rings is 2. The molecule has 3 rings (SSSR count). The number of H-pyrrole nitrogens is 1. The van der Waals surface area contributed by atoms with Gasteiger partial charge in [0.15, 0.2) is 12.4 Å². The first kappa shape index (κ1) is 14.2. The number of rotatable bonds is 1. The number of hydrogen-bond acceptors (Lipinski definition) is 3. The molecule has 0 amide bonds. The first-order valence-corrected chi connectivity index (χ1v) is 7.34. The largest absolute Gasteiger partial charge is 0.744 e. The Bertz CT molecular complexity index is 754. The van der Waals surface area contributed by atoms with Gasteiger partial charge < -0.3 is 4.55 Å². The molecule has 0 fully saturated rings. The van der Waals surface area contributed by atoms with Crippen LogP contribution in [0.15, 0.2) is 78.0 Å². The molecular formula is C15H13NO3S. The van der Waals surface area contributed by atoms with E-state index in [9.17, 15) is 13.0 Å². The number of aromatic nitrogens is 1. The van der Waals surface area contributed by atoms with E-state index in [4.69, 9.17) is 0 Å². The fraction of sp³-hybridized carbons (Fsp3) is 0. The van der Waals surface area contributed by atoms with E-state index >= 15 is 0 Å². The quantitative estimate of drug-likeness (QED) is 0.644. The van der Waals surface area contributed by atoms with Gasteiger partial charge in [-0.3, -0.25) is 0 Å². The first-order chi connectivity index (χ1) is 9.59. The van der Waals surface area contributed by atoms with Gasteiger partial charge in [0.05, 0.1) is 4.90 Å². The van der Waals surface area contributed by atoms with Crippen LogP contribution in [-0.4, -0.2) is 13.0 Å². The summed E-state index contributed by atoms with van der Waals surface area (Å²) in [5.41, 5.74) is 0. The van der Waals surface area contributed by atoms with Crippen molar-refractivity contribution in [1.82, 2.24) is 0 Å². The second-order valence-corrected chi connectivity index (χ2v) is 5.36. The molecule has 5 heteroatoms. The minimum atomic E-state index is -4.38. The molecule has 0 aliphatic carbocycles. The predicted octanol–water partition coefficient (Wildman–Crippen LogP) is 2.24. The van der Waals surface area contributed by atoms with Crippen molar-refractivity contribution in [3.05, 3.63) is 73.1 Å².